The van der Waals surface area contributed by atoms with Crippen molar-refractivity contribution in [2.24, 2.45) is 5.73 Å². The Morgan fingerprint density at radius 1 is 1.17 bits per heavy atom. The van der Waals surface area contributed by atoms with Crippen molar-refractivity contribution in [3.63, 3.8) is 0 Å². The lowest BCUT2D eigenvalue weighted by molar-refractivity contribution is 0.100. The van der Waals surface area contributed by atoms with Crippen LogP contribution in [0.3, 0.4) is 0 Å². The van der Waals surface area contributed by atoms with Crippen molar-refractivity contribution in [2.45, 2.75) is 13.1 Å². The molecule has 1 amide bonds. The number of carbonyl (C=O) groups is 1. The van der Waals surface area contributed by atoms with Crippen LogP contribution in [0, 0.1) is 0 Å². The smallest absolute Gasteiger partial charge is 0.252 e. The molecule has 6 nitrogen and oxygen atoms in total. The number of amides is 1. The second kappa shape index (κ2) is 6.74. The van der Waals surface area contributed by atoms with Gasteiger partial charge in [0.15, 0.2) is 0 Å². The van der Waals surface area contributed by atoms with E-state index in [1.54, 1.807) is 18.5 Å². The minimum Gasteiger partial charge on any atom is -0.380 e. The molecule has 0 saturated carbocycles. The van der Waals surface area contributed by atoms with E-state index in [0.29, 0.717) is 17.8 Å². The maximum Gasteiger partial charge on any atom is 0.252 e. The molecule has 2 aromatic heterocycles. The molecule has 3 rings (SSSR count). The fraction of sp³-hybridized carbons (Fsp3) is 0.118. The molecule has 0 radical (unpaired) electrons. The van der Waals surface area contributed by atoms with Crippen molar-refractivity contribution in [3.05, 3.63) is 77.9 Å². The molecule has 0 aliphatic carbocycles. The molecule has 0 spiro atoms. The quantitative estimate of drug-likeness (QED) is 0.729. The molecule has 0 aliphatic rings. The number of rotatable bonds is 6. The number of benzene rings is 1. The van der Waals surface area contributed by atoms with Crippen molar-refractivity contribution in [1.82, 2.24) is 14.8 Å². The monoisotopic (exact) mass is 307 g/mol. The minimum absolute atomic E-state index is 0.389. The van der Waals surface area contributed by atoms with Crippen LogP contribution >= 0.6 is 0 Å². The third-order valence-corrected chi connectivity index (χ3v) is 3.46. The first-order valence-electron chi connectivity index (χ1n) is 7.25. The number of nitrogens with two attached hydrogens (primary N) is 1. The largest absolute Gasteiger partial charge is 0.380 e. The van der Waals surface area contributed by atoms with E-state index in [4.69, 9.17) is 5.73 Å². The first-order chi connectivity index (χ1) is 11.2. The Hall–Kier alpha value is -3.15. The topological polar surface area (TPSA) is 85.8 Å². The Morgan fingerprint density at radius 3 is 2.83 bits per heavy atom. The highest BCUT2D eigenvalue weighted by Crippen LogP contribution is 2.15. The summed E-state index contributed by atoms with van der Waals surface area (Å²) < 4.78 is 1.88. The number of aromatic nitrogens is 3. The number of anilines is 1. The zero-order valence-corrected chi connectivity index (χ0v) is 12.5. The molecule has 3 aromatic rings. The number of hydrogen-bond acceptors (Lipinski definition) is 4. The summed E-state index contributed by atoms with van der Waals surface area (Å²) in [4.78, 5) is 15.3. The summed E-state index contributed by atoms with van der Waals surface area (Å²) >= 11 is 0. The van der Waals surface area contributed by atoms with Crippen LogP contribution in [-0.2, 0) is 13.1 Å². The molecule has 116 valence electrons. The normalized spacial score (nSPS) is 10.4. The summed E-state index contributed by atoms with van der Waals surface area (Å²) in [5.41, 5.74) is 8.71. The van der Waals surface area contributed by atoms with Gasteiger partial charge < -0.3 is 11.1 Å². The predicted molar refractivity (Wildman–Crippen MR) is 87.9 cm³/mol. The molecule has 0 unspecified atom stereocenters. The van der Waals surface area contributed by atoms with Crippen LogP contribution in [0.1, 0.15) is 21.5 Å². The summed E-state index contributed by atoms with van der Waals surface area (Å²) in [6, 6.07) is 11.9. The molecule has 6 heteroatoms. The number of nitrogens with one attached hydrogen (secondary N) is 1. The van der Waals surface area contributed by atoms with Crippen LogP contribution in [0.2, 0.25) is 0 Å². The van der Waals surface area contributed by atoms with Gasteiger partial charge in [-0.3, -0.25) is 14.5 Å². The van der Waals surface area contributed by atoms with Gasteiger partial charge in [-0.1, -0.05) is 24.3 Å². The Bertz CT molecular complexity index is 798. The van der Waals surface area contributed by atoms with E-state index >= 15 is 0 Å². The van der Waals surface area contributed by atoms with Gasteiger partial charge in [0.2, 0.25) is 0 Å². The van der Waals surface area contributed by atoms with Gasteiger partial charge in [0.1, 0.15) is 0 Å². The van der Waals surface area contributed by atoms with Gasteiger partial charge in [-0.2, -0.15) is 5.10 Å². The highest BCUT2D eigenvalue weighted by molar-refractivity contribution is 5.98. The van der Waals surface area contributed by atoms with Gasteiger partial charge >= 0.3 is 0 Å². The van der Waals surface area contributed by atoms with Crippen LogP contribution in [0.4, 0.5) is 5.69 Å². The van der Waals surface area contributed by atoms with Gasteiger partial charge in [-0.25, -0.2) is 0 Å². The van der Waals surface area contributed by atoms with Crippen LogP contribution in [0.25, 0.3) is 0 Å². The van der Waals surface area contributed by atoms with E-state index in [1.165, 1.54) is 6.20 Å². The van der Waals surface area contributed by atoms with Gasteiger partial charge in [-0.15, -0.1) is 0 Å². The van der Waals surface area contributed by atoms with Crippen molar-refractivity contribution in [1.29, 1.82) is 0 Å². The van der Waals surface area contributed by atoms with Gasteiger partial charge in [0.25, 0.3) is 5.91 Å². The number of primary amides is 1. The number of hydrogen-bond donors (Lipinski definition) is 2. The number of carbonyl (C=O) groups excluding carboxylic acids is 1. The zero-order chi connectivity index (χ0) is 16.1. The maximum absolute atomic E-state index is 11.4. The molecule has 1 aromatic carbocycles. The lowest BCUT2D eigenvalue weighted by Crippen LogP contribution is -2.14. The highest BCUT2D eigenvalue weighted by atomic mass is 16.1. The summed E-state index contributed by atoms with van der Waals surface area (Å²) in [6.07, 6.45) is 6.79. The van der Waals surface area contributed by atoms with Crippen molar-refractivity contribution in [2.75, 3.05) is 5.32 Å². The molecule has 0 atom stereocenters. The molecule has 23 heavy (non-hydrogen) atoms. The van der Waals surface area contributed by atoms with E-state index in [-0.39, 0.29) is 0 Å². The van der Waals surface area contributed by atoms with Crippen LogP contribution in [0.15, 0.2) is 61.2 Å². The van der Waals surface area contributed by atoms with Crippen LogP contribution in [0.5, 0.6) is 0 Å². The van der Waals surface area contributed by atoms with E-state index in [9.17, 15) is 4.79 Å². The maximum atomic E-state index is 11.4. The second-order valence-corrected chi connectivity index (χ2v) is 5.16. The summed E-state index contributed by atoms with van der Waals surface area (Å²) in [6.45, 7) is 1.32. The van der Waals surface area contributed by atoms with E-state index < -0.39 is 5.91 Å². The summed E-state index contributed by atoms with van der Waals surface area (Å²) in [7, 11) is 0. The van der Waals surface area contributed by atoms with Crippen LogP contribution < -0.4 is 11.1 Å². The Labute approximate surface area is 134 Å². The Morgan fingerprint density at radius 2 is 2.04 bits per heavy atom. The van der Waals surface area contributed by atoms with Crippen molar-refractivity contribution < 1.29 is 4.79 Å². The molecular formula is C17H17N5O. The van der Waals surface area contributed by atoms with Gasteiger partial charge in [0, 0.05) is 31.3 Å². The molecule has 0 aliphatic heterocycles. The molecule has 0 bridgehead atoms. The third kappa shape index (κ3) is 3.74. The average molecular weight is 307 g/mol. The molecule has 2 heterocycles. The Kier molecular flexibility index (Phi) is 4.33. The second-order valence-electron chi connectivity index (χ2n) is 5.16. The number of nitrogens with zero attached hydrogens (tertiary/aromatic N) is 3. The first-order valence-corrected chi connectivity index (χ1v) is 7.25. The fourth-order valence-corrected chi connectivity index (χ4v) is 2.36. The summed E-state index contributed by atoms with van der Waals surface area (Å²) in [5.74, 6) is -0.493. The standard InChI is InChI=1S/C17H17N5O/c18-17(23)15-11-19-7-5-16(15)20-10-13-3-1-4-14(9-13)12-22-8-2-6-21-22/h1-9,11H,10,12H2,(H2,18,23)(H,19,20). The fourth-order valence-electron chi connectivity index (χ4n) is 2.36. The molecular weight excluding hydrogens is 290 g/mol. The molecule has 3 N–H and O–H groups in total. The summed E-state index contributed by atoms with van der Waals surface area (Å²) in [5, 5.41) is 7.44. The van der Waals surface area contributed by atoms with E-state index in [1.807, 2.05) is 29.1 Å². The lowest BCUT2D eigenvalue weighted by Gasteiger charge is -2.10. The lowest BCUT2D eigenvalue weighted by atomic mass is 10.1. The van der Waals surface area contributed by atoms with E-state index in [2.05, 4.69) is 27.5 Å². The van der Waals surface area contributed by atoms with Gasteiger partial charge in [-0.05, 0) is 23.3 Å². The number of pyridine rings is 1. The third-order valence-electron chi connectivity index (χ3n) is 3.46. The SMILES string of the molecule is NC(=O)c1cnccc1NCc1cccc(Cn2cccn2)c1. The van der Waals surface area contributed by atoms with Crippen LogP contribution in [-0.4, -0.2) is 20.7 Å². The van der Waals surface area contributed by atoms with Crippen molar-refractivity contribution >= 4 is 11.6 Å². The van der Waals surface area contributed by atoms with Gasteiger partial charge in [0.05, 0.1) is 17.8 Å². The minimum atomic E-state index is -0.493. The molecule has 0 saturated heterocycles. The van der Waals surface area contributed by atoms with Crippen molar-refractivity contribution in [3.8, 4) is 0 Å². The first kappa shape index (κ1) is 14.8. The zero-order valence-electron chi connectivity index (χ0n) is 12.5. The van der Waals surface area contributed by atoms with E-state index in [0.717, 1.165) is 17.7 Å². The Balaban J connectivity index is 1.70. The molecule has 0 fully saturated rings. The average Bonchev–Trinajstić information content (AvgIpc) is 3.06. The highest BCUT2D eigenvalue weighted by Gasteiger charge is 2.07. The predicted octanol–water partition coefficient (Wildman–Crippen LogP) is 2.04.